The molecule has 1 amide bonds. The second-order valence-corrected chi connectivity index (χ2v) is 7.41. The van der Waals surface area contributed by atoms with Gasteiger partial charge in [-0.05, 0) is 30.5 Å². The van der Waals surface area contributed by atoms with E-state index in [1.807, 2.05) is 0 Å². The SMILES string of the molecule is COc1cccc(NC(=O)C(OC(=O)c2ccc(SC)c([N+](=O)[O-])c2)c2ccccc2)c1. The van der Waals surface area contributed by atoms with Gasteiger partial charge in [-0.3, -0.25) is 14.9 Å². The number of thioether (sulfide) groups is 1. The van der Waals surface area contributed by atoms with Gasteiger partial charge >= 0.3 is 5.97 Å². The molecule has 32 heavy (non-hydrogen) atoms. The van der Waals surface area contributed by atoms with E-state index in [2.05, 4.69) is 5.32 Å². The molecule has 0 aliphatic carbocycles. The Morgan fingerprint density at radius 2 is 1.78 bits per heavy atom. The molecular weight excluding hydrogens is 432 g/mol. The zero-order valence-corrected chi connectivity index (χ0v) is 18.1. The Morgan fingerprint density at radius 1 is 1.03 bits per heavy atom. The molecule has 3 aromatic rings. The first-order valence-corrected chi connectivity index (χ1v) is 10.7. The third kappa shape index (κ3) is 5.44. The molecule has 0 spiro atoms. The summed E-state index contributed by atoms with van der Waals surface area (Å²) in [7, 11) is 1.51. The number of nitrogens with zero attached hydrogens (tertiary/aromatic N) is 1. The fourth-order valence-corrected chi connectivity index (χ4v) is 3.49. The van der Waals surface area contributed by atoms with Crippen LogP contribution >= 0.6 is 11.8 Å². The predicted octanol–water partition coefficient (Wildman–Crippen LogP) is 4.86. The minimum absolute atomic E-state index is 0.0235. The van der Waals surface area contributed by atoms with Crippen molar-refractivity contribution in [3.8, 4) is 5.75 Å². The molecule has 8 nitrogen and oxygen atoms in total. The summed E-state index contributed by atoms with van der Waals surface area (Å²) in [6, 6.07) is 19.3. The van der Waals surface area contributed by atoms with Gasteiger partial charge in [-0.1, -0.05) is 36.4 Å². The summed E-state index contributed by atoms with van der Waals surface area (Å²) in [5.41, 5.74) is 0.691. The fraction of sp³-hybridized carbons (Fsp3) is 0.130. The second-order valence-electron chi connectivity index (χ2n) is 6.56. The van der Waals surface area contributed by atoms with Crippen LogP contribution in [0.2, 0.25) is 0 Å². The van der Waals surface area contributed by atoms with E-state index in [1.165, 1.54) is 31.0 Å². The summed E-state index contributed by atoms with van der Waals surface area (Å²) in [4.78, 5) is 37.0. The molecule has 0 radical (unpaired) electrons. The lowest BCUT2D eigenvalue weighted by Gasteiger charge is -2.18. The number of esters is 1. The lowest BCUT2D eigenvalue weighted by molar-refractivity contribution is -0.387. The van der Waals surface area contributed by atoms with Crippen LogP contribution in [0.25, 0.3) is 0 Å². The van der Waals surface area contributed by atoms with E-state index in [9.17, 15) is 19.7 Å². The highest BCUT2D eigenvalue weighted by molar-refractivity contribution is 7.98. The highest BCUT2D eigenvalue weighted by atomic mass is 32.2. The third-order valence-electron chi connectivity index (χ3n) is 4.51. The van der Waals surface area contributed by atoms with Crippen LogP contribution in [0.5, 0.6) is 5.75 Å². The molecule has 3 rings (SSSR count). The summed E-state index contributed by atoms with van der Waals surface area (Å²) in [6.45, 7) is 0. The molecule has 0 aliphatic heterocycles. The van der Waals surface area contributed by atoms with Gasteiger partial charge in [0.1, 0.15) is 5.75 Å². The van der Waals surface area contributed by atoms with Crippen molar-refractivity contribution in [3.05, 3.63) is 94.0 Å². The number of ether oxygens (including phenoxy) is 2. The van der Waals surface area contributed by atoms with Gasteiger partial charge in [-0.15, -0.1) is 11.8 Å². The maximum absolute atomic E-state index is 13.0. The normalized spacial score (nSPS) is 11.3. The van der Waals surface area contributed by atoms with Gasteiger partial charge < -0.3 is 14.8 Å². The smallest absolute Gasteiger partial charge is 0.339 e. The third-order valence-corrected chi connectivity index (χ3v) is 5.30. The maximum atomic E-state index is 13.0. The van der Waals surface area contributed by atoms with E-state index in [1.54, 1.807) is 60.9 Å². The van der Waals surface area contributed by atoms with Crippen LogP contribution in [0.3, 0.4) is 0 Å². The lowest BCUT2D eigenvalue weighted by atomic mass is 10.1. The fourth-order valence-electron chi connectivity index (χ4n) is 2.94. The van der Waals surface area contributed by atoms with Gasteiger partial charge in [0.25, 0.3) is 11.6 Å². The molecule has 0 heterocycles. The number of methoxy groups -OCH3 is 1. The lowest BCUT2D eigenvalue weighted by Crippen LogP contribution is -2.26. The summed E-state index contributed by atoms with van der Waals surface area (Å²) in [5, 5.41) is 14.0. The van der Waals surface area contributed by atoms with Crippen LogP contribution in [0.4, 0.5) is 11.4 Å². The van der Waals surface area contributed by atoms with E-state index >= 15 is 0 Å². The first-order chi connectivity index (χ1) is 15.4. The molecule has 0 bridgehead atoms. The molecule has 1 atom stereocenters. The predicted molar refractivity (Wildman–Crippen MR) is 121 cm³/mol. The number of anilines is 1. The number of nitrogens with one attached hydrogen (secondary N) is 1. The number of nitro benzene ring substituents is 1. The number of carbonyl (C=O) groups excluding carboxylic acids is 2. The number of hydrogen-bond acceptors (Lipinski definition) is 7. The van der Waals surface area contributed by atoms with Crippen LogP contribution in [0.15, 0.2) is 77.7 Å². The topological polar surface area (TPSA) is 108 Å². The molecular formula is C23H20N2O6S. The zero-order chi connectivity index (χ0) is 23.1. The Kier molecular flexibility index (Phi) is 7.45. The van der Waals surface area contributed by atoms with E-state index in [0.717, 1.165) is 6.07 Å². The number of hydrogen-bond donors (Lipinski definition) is 1. The summed E-state index contributed by atoms with van der Waals surface area (Å²) >= 11 is 1.20. The standard InChI is InChI=1S/C23H20N2O6S/c1-30-18-10-6-9-17(14-18)24-22(26)21(15-7-4-3-5-8-15)31-23(27)16-11-12-20(32-2)19(13-16)25(28)29/h3-14,21H,1-2H3,(H,24,26). The summed E-state index contributed by atoms with van der Waals surface area (Å²) < 4.78 is 10.7. The Labute approximate surface area is 188 Å². The van der Waals surface area contributed by atoms with E-state index in [0.29, 0.717) is 21.9 Å². The highest BCUT2D eigenvalue weighted by Gasteiger charge is 2.27. The van der Waals surface area contributed by atoms with Gasteiger partial charge in [0, 0.05) is 23.4 Å². The summed E-state index contributed by atoms with van der Waals surface area (Å²) in [5.74, 6) is -0.874. The van der Waals surface area contributed by atoms with Crippen LogP contribution in [-0.4, -0.2) is 30.2 Å². The molecule has 164 valence electrons. The number of amides is 1. The van der Waals surface area contributed by atoms with Crippen molar-refractivity contribution in [2.45, 2.75) is 11.0 Å². The Hall–Kier alpha value is -3.85. The molecule has 0 saturated carbocycles. The van der Waals surface area contributed by atoms with E-state index < -0.39 is 22.9 Å². The quantitative estimate of drug-likeness (QED) is 0.225. The first-order valence-electron chi connectivity index (χ1n) is 9.46. The van der Waals surface area contributed by atoms with Crippen molar-refractivity contribution >= 4 is 35.0 Å². The molecule has 0 saturated heterocycles. The Balaban J connectivity index is 1.88. The Morgan fingerprint density at radius 3 is 2.44 bits per heavy atom. The highest BCUT2D eigenvalue weighted by Crippen LogP contribution is 2.30. The van der Waals surface area contributed by atoms with Crippen LogP contribution in [0.1, 0.15) is 22.0 Å². The molecule has 0 aliphatic rings. The average molecular weight is 452 g/mol. The second kappa shape index (κ2) is 10.5. The maximum Gasteiger partial charge on any atom is 0.339 e. The molecule has 1 unspecified atom stereocenters. The van der Waals surface area contributed by atoms with Gasteiger partial charge in [0.2, 0.25) is 6.10 Å². The van der Waals surface area contributed by atoms with Crippen molar-refractivity contribution in [1.29, 1.82) is 0 Å². The largest absolute Gasteiger partial charge is 0.497 e. The van der Waals surface area contributed by atoms with Crippen molar-refractivity contribution in [2.24, 2.45) is 0 Å². The van der Waals surface area contributed by atoms with Gasteiger partial charge in [0.05, 0.1) is 22.5 Å². The average Bonchev–Trinajstić information content (AvgIpc) is 2.82. The number of nitro groups is 1. The first kappa shape index (κ1) is 22.8. The van der Waals surface area contributed by atoms with Crippen molar-refractivity contribution < 1.29 is 24.0 Å². The van der Waals surface area contributed by atoms with E-state index in [4.69, 9.17) is 9.47 Å². The van der Waals surface area contributed by atoms with Gasteiger partial charge in [0.15, 0.2) is 0 Å². The van der Waals surface area contributed by atoms with E-state index in [-0.39, 0.29) is 11.3 Å². The number of rotatable bonds is 8. The van der Waals surface area contributed by atoms with Crippen LogP contribution in [0, 0.1) is 10.1 Å². The van der Waals surface area contributed by atoms with Crippen molar-refractivity contribution in [2.75, 3.05) is 18.7 Å². The van der Waals surface area contributed by atoms with Crippen molar-refractivity contribution in [3.63, 3.8) is 0 Å². The minimum atomic E-state index is -1.27. The molecule has 0 aromatic heterocycles. The molecule has 9 heteroatoms. The summed E-state index contributed by atoms with van der Waals surface area (Å²) in [6.07, 6.45) is 0.434. The number of carbonyl (C=O) groups is 2. The van der Waals surface area contributed by atoms with Crippen LogP contribution in [-0.2, 0) is 9.53 Å². The zero-order valence-electron chi connectivity index (χ0n) is 17.3. The molecule has 3 aromatic carbocycles. The monoisotopic (exact) mass is 452 g/mol. The molecule has 0 fully saturated rings. The molecule has 1 N–H and O–H groups in total. The van der Waals surface area contributed by atoms with Crippen molar-refractivity contribution in [1.82, 2.24) is 0 Å². The van der Waals surface area contributed by atoms with Gasteiger partial charge in [-0.25, -0.2) is 4.79 Å². The van der Waals surface area contributed by atoms with Crippen LogP contribution < -0.4 is 10.1 Å². The number of benzene rings is 3. The Bertz CT molecular complexity index is 1140. The minimum Gasteiger partial charge on any atom is -0.497 e. The van der Waals surface area contributed by atoms with Gasteiger partial charge in [-0.2, -0.15) is 0 Å².